The van der Waals surface area contributed by atoms with Crippen molar-refractivity contribution in [2.24, 2.45) is 0 Å². The molecule has 5 heteroatoms. The van der Waals surface area contributed by atoms with Gasteiger partial charge in [0.25, 0.3) is 5.91 Å². The SMILES string of the molecule is CCOc1ccc(C(=O)NCC(c2ccccc2)N2CCCC2)cc1OCC. The highest BCUT2D eigenvalue weighted by Gasteiger charge is 2.24. The molecule has 0 saturated carbocycles. The zero-order chi connectivity index (χ0) is 19.8. The molecule has 1 atom stereocenters. The second kappa shape index (κ2) is 10.1. The van der Waals surface area contributed by atoms with Crippen LogP contribution in [0.4, 0.5) is 0 Å². The van der Waals surface area contributed by atoms with E-state index in [2.05, 4.69) is 34.5 Å². The van der Waals surface area contributed by atoms with Gasteiger partial charge in [0.05, 0.1) is 19.3 Å². The average molecular weight is 383 g/mol. The molecule has 0 aliphatic carbocycles. The smallest absolute Gasteiger partial charge is 0.251 e. The van der Waals surface area contributed by atoms with Crippen molar-refractivity contribution in [3.05, 3.63) is 59.7 Å². The minimum absolute atomic E-state index is 0.0934. The Kier molecular flexibility index (Phi) is 7.31. The van der Waals surface area contributed by atoms with Crippen LogP contribution in [0.2, 0.25) is 0 Å². The topological polar surface area (TPSA) is 50.8 Å². The predicted molar refractivity (Wildman–Crippen MR) is 111 cm³/mol. The standard InChI is InChI=1S/C23H30N2O3/c1-3-27-21-13-12-19(16-22(21)28-4-2)23(26)24-17-20(25-14-8-9-15-25)18-10-6-5-7-11-18/h5-7,10-13,16,20H,3-4,8-9,14-15,17H2,1-2H3,(H,24,26). The molecule has 150 valence electrons. The van der Waals surface area contributed by atoms with Crippen LogP contribution < -0.4 is 14.8 Å². The molecule has 2 aromatic rings. The second-order valence-electron chi connectivity index (χ2n) is 6.91. The molecule has 1 heterocycles. The van der Waals surface area contributed by atoms with Gasteiger partial charge in [0, 0.05) is 12.1 Å². The normalized spacial score (nSPS) is 15.2. The van der Waals surface area contributed by atoms with Gasteiger partial charge in [0.2, 0.25) is 0 Å². The van der Waals surface area contributed by atoms with E-state index in [1.54, 1.807) is 18.2 Å². The van der Waals surface area contributed by atoms with Gasteiger partial charge in [-0.3, -0.25) is 9.69 Å². The quantitative estimate of drug-likeness (QED) is 0.711. The van der Waals surface area contributed by atoms with Gasteiger partial charge in [-0.1, -0.05) is 30.3 Å². The summed E-state index contributed by atoms with van der Waals surface area (Å²) >= 11 is 0. The van der Waals surface area contributed by atoms with E-state index in [-0.39, 0.29) is 11.9 Å². The highest BCUT2D eigenvalue weighted by Crippen LogP contribution is 2.29. The van der Waals surface area contributed by atoms with Gasteiger partial charge in [-0.25, -0.2) is 0 Å². The average Bonchev–Trinajstić information content (AvgIpc) is 3.25. The number of nitrogens with zero attached hydrogens (tertiary/aromatic N) is 1. The van der Waals surface area contributed by atoms with Crippen LogP contribution in [-0.2, 0) is 0 Å². The third-order valence-corrected chi connectivity index (χ3v) is 5.03. The first-order valence-electron chi connectivity index (χ1n) is 10.2. The summed E-state index contributed by atoms with van der Waals surface area (Å²) in [5.74, 6) is 1.18. The van der Waals surface area contributed by atoms with E-state index < -0.39 is 0 Å². The number of hydrogen-bond donors (Lipinski definition) is 1. The first kappa shape index (κ1) is 20.2. The zero-order valence-corrected chi connectivity index (χ0v) is 16.8. The minimum atomic E-state index is -0.0934. The van der Waals surface area contributed by atoms with Crippen LogP contribution in [0.15, 0.2) is 48.5 Å². The Morgan fingerprint density at radius 3 is 2.36 bits per heavy atom. The molecule has 0 aromatic heterocycles. The van der Waals surface area contributed by atoms with E-state index in [0.717, 1.165) is 13.1 Å². The highest BCUT2D eigenvalue weighted by atomic mass is 16.5. The maximum Gasteiger partial charge on any atom is 0.251 e. The molecule has 1 fully saturated rings. The van der Waals surface area contributed by atoms with Crippen LogP contribution in [-0.4, -0.2) is 43.7 Å². The first-order valence-corrected chi connectivity index (χ1v) is 10.2. The van der Waals surface area contributed by atoms with E-state index in [4.69, 9.17) is 9.47 Å². The van der Waals surface area contributed by atoms with Gasteiger partial charge in [-0.05, 0) is 63.5 Å². The third kappa shape index (κ3) is 5.04. The summed E-state index contributed by atoms with van der Waals surface area (Å²) in [7, 11) is 0. The van der Waals surface area contributed by atoms with Crippen molar-refractivity contribution in [2.75, 3.05) is 32.8 Å². The Morgan fingerprint density at radius 1 is 1.00 bits per heavy atom. The fourth-order valence-corrected chi connectivity index (χ4v) is 3.67. The third-order valence-electron chi connectivity index (χ3n) is 5.03. The number of carbonyl (C=O) groups is 1. The lowest BCUT2D eigenvalue weighted by atomic mass is 10.1. The Balaban J connectivity index is 1.71. The lowest BCUT2D eigenvalue weighted by Gasteiger charge is -2.28. The maximum atomic E-state index is 12.8. The summed E-state index contributed by atoms with van der Waals surface area (Å²) in [4.78, 5) is 15.3. The first-order chi connectivity index (χ1) is 13.7. The molecule has 1 unspecified atom stereocenters. The molecule has 3 rings (SSSR count). The Morgan fingerprint density at radius 2 is 1.68 bits per heavy atom. The lowest BCUT2D eigenvalue weighted by Crippen LogP contribution is -2.36. The van der Waals surface area contributed by atoms with Crippen molar-refractivity contribution in [1.82, 2.24) is 10.2 Å². The van der Waals surface area contributed by atoms with Gasteiger partial charge in [-0.15, -0.1) is 0 Å². The van der Waals surface area contributed by atoms with E-state index in [0.29, 0.717) is 36.8 Å². The van der Waals surface area contributed by atoms with Crippen LogP contribution in [0.3, 0.4) is 0 Å². The van der Waals surface area contributed by atoms with Crippen LogP contribution in [0.1, 0.15) is 48.7 Å². The summed E-state index contributed by atoms with van der Waals surface area (Å²) < 4.78 is 11.2. The molecular weight excluding hydrogens is 352 g/mol. The number of amides is 1. The van der Waals surface area contributed by atoms with Crippen molar-refractivity contribution in [2.45, 2.75) is 32.7 Å². The van der Waals surface area contributed by atoms with Gasteiger partial charge < -0.3 is 14.8 Å². The van der Waals surface area contributed by atoms with Gasteiger partial charge in [0.1, 0.15) is 0 Å². The van der Waals surface area contributed by atoms with Crippen LogP contribution in [0, 0.1) is 0 Å². The predicted octanol–water partition coefficient (Wildman–Crippen LogP) is 4.05. The molecule has 0 spiro atoms. The minimum Gasteiger partial charge on any atom is -0.490 e. The number of likely N-dealkylation sites (tertiary alicyclic amines) is 1. The van der Waals surface area contributed by atoms with E-state index in [1.807, 2.05) is 19.9 Å². The molecule has 1 aliphatic heterocycles. The Bertz CT molecular complexity index is 758. The second-order valence-corrected chi connectivity index (χ2v) is 6.91. The van der Waals surface area contributed by atoms with Gasteiger partial charge in [0.15, 0.2) is 11.5 Å². The van der Waals surface area contributed by atoms with Gasteiger partial charge in [-0.2, -0.15) is 0 Å². The highest BCUT2D eigenvalue weighted by molar-refractivity contribution is 5.94. The number of hydrogen-bond acceptors (Lipinski definition) is 4. The van der Waals surface area contributed by atoms with Crippen molar-refractivity contribution < 1.29 is 14.3 Å². The number of benzene rings is 2. The molecule has 0 bridgehead atoms. The molecule has 1 N–H and O–H groups in total. The largest absolute Gasteiger partial charge is 0.490 e. The fraction of sp³-hybridized carbons (Fsp3) is 0.435. The summed E-state index contributed by atoms with van der Waals surface area (Å²) in [6.07, 6.45) is 2.43. The molecule has 5 nitrogen and oxygen atoms in total. The number of ether oxygens (including phenoxy) is 2. The zero-order valence-electron chi connectivity index (χ0n) is 16.8. The summed E-state index contributed by atoms with van der Waals surface area (Å²) in [6.45, 7) is 7.66. The maximum absolute atomic E-state index is 12.8. The molecule has 28 heavy (non-hydrogen) atoms. The van der Waals surface area contributed by atoms with Gasteiger partial charge >= 0.3 is 0 Å². The van der Waals surface area contributed by atoms with E-state index in [1.165, 1.54) is 18.4 Å². The number of nitrogens with one attached hydrogen (secondary N) is 1. The van der Waals surface area contributed by atoms with Crippen LogP contribution >= 0.6 is 0 Å². The monoisotopic (exact) mass is 382 g/mol. The van der Waals surface area contributed by atoms with Crippen molar-refractivity contribution in [3.8, 4) is 11.5 Å². The fourth-order valence-electron chi connectivity index (χ4n) is 3.67. The summed E-state index contributed by atoms with van der Waals surface area (Å²) in [5, 5.41) is 3.12. The van der Waals surface area contributed by atoms with E-state index >= 15 is 0 Å². The Labute approximate surface area is 167 Å². The molecule has 1 aliphatic rings. The lowest BCUT2D eigenvalue weighted by molar-refractivity contribution is 0.0937. The van der Waals surface area contributed by atoms with Crippen LogP contribution in [0.5, 0.6) is 11.5 Å². The van der Waals surface area contributed by atoms with Crippen molar-refractivity contribution in [3.63, 3.8) is 0 Å². The summed E-state index contributed by atoms with van der Waals surface area (Å²) in [6, 6.07) is 16.0. The van der Waals surface area contributed by atoms with Crippen molar-refractivity contribution in [1.29, 1.82) is 0 Å². The Hall–Kier alpha value is -2.53. The number of rotatable bonds is 9. The van der Waals surface area contributed by atoms with Crippen molar-refractivity contribution >= 4 is 5.91 Å². The molecule has 1 saturated heterocycles. The summed E-state index contributed by atoms with van der Waals surface area (Å²) in [5.41, 5.74) is 1.83. The molecular formula is C23H30N2O3. The molecule has 0 radical (unpaired) electrons. The number of carbonyl (C=O) groups excluding carboxylic acids is 1. The molecule has 1 amide bonds. The van der Waals surface area contributed by atoms with Crippen LogP contribution in [0.25, 0.3) is 0 Å². The van der Waals surface area contributed by atoms with E-state index in [9.17, 15) is 4.79 Å². The molecule has 2 aromatic carbocycles.